The van der Waals surface area contributed by atoms with Crippen LogP contribution in [0.3, 0.4) is 0 Å². The molecule has 4 rings (SSSR count). The molecule has 7 nitrogen and oxygen atoms in total. The van der Waals surface area contributed by atoms with E-state index in [2.05, 4.69) is 15.1 Å². The summed E-state index contributed by atoms with van der Waals surface area (Å²) in [6, 6.07) is 10.8. The molecule has 0 unspecified atom stereocenters. The van der Waals surface area contributed by atoms with Crippen molar-refractivity contribution in [1.29, 1.82) is 5.26 Å². The van der Waals surface area contributed by atoms with Crippen LogP contribution in [0.1, 0.15) is 17.0 Å². The van der Waals surface area contributed by atoms with E-state index in [-0.39, 0.29) is 18.3 Å². The second-order valence-electron chi connectivity index (χ2n) is 5.95. The molecule has 26 heavy (non-hydrogen) atoms. The molecular formula is C18H13FN6O. The van der Waals surface area contributed by atoms with Crippen LogP contribution in [-0.4, -0.2) is 30.6 Å². The zero-order valence-electron chi connectivity index (χ0n) is 13.6. The molecule has 0 spiro atoms. The van der Waals surface area contributed by atoms with Crippen molar-refractivity contribution in [3.8, 4) is 17.2 Å². The van der Waals surface area contributed by atoms with Gasteiger partial charge in [0.05, 0.1) is 0 Å². The highest BCUT2D eigenvalue weighted by Crippen LogP contribution is 2.29. The van der Waals surface area contributed by atoms with Crippen LogP contribution < -0.4 is 0 Å². The Morgan fingerprint density at radius 2 is 2.08 bits per heavy atom. The van der Waals surface area contributed by atoms with E-state index < -0.39 is 5.95 Å². The average molecular weight is 348 g/mol. The number of hydrogen-bond acceptors (Lipinski definition) is 5. The zero-order chi connectivity index (χ0) is 18.1. The number of carbonyl (C=O) groups excluding carboxylic acids is 1. The second kappa shape index (κ2) is 6.37. The lowest BCUT2D eigenvalue weighted by Crippen LogP contribution is -2.29. The highest BCUT2D eigenvalue weighted by Gasteiger charge is 2.24. The molecule has 1 aliphatic heterocycles. The molecule has 2 aromatic heterocycles. The molecule has 0 saturated heterocycles. The summed E-state index contributed by atoms with van der Waals surface area (Å²) >= 11 is 0. The maximum atomic E-state index is 13.9. The molecule has 0 aliphatic carbocycles. The van der Waals surface area contributed by atoms with E-state index in [9.17, 15) is 9.18 Å². The van der Waals surface area contributed by atoms with Crippen LogP contribution in [0.25, 0.3) is 11.1 Å². The Balaban J connectivity index is 1.51. The predicted molar refractivity (Wildman–Crippen MR) is 88.6 cm³/mol. The van der Waals surface area contributed by atoms with E-state index in [0.717, 1.165) is 16.7 Å². The molecule has 128 valence electrons. The van der Waals surface area contributed by atoms with Gasteiger partial charge in [-0.05, 0) is 34.9 Å². The van der Waals surface area contributed by atoms with Crippen molar-refractivity contribution in [2.45, 2.75) is 19.6 Å². The third kappa shape index (κ3) is 2.91. The third-order valence-electron chi connectivity index (χ3n) is 4.29. The first-order valence-electron chi connectivity index (χ1n) is 7.94. The predicted octanol–water partition coefficient (Wildman–Crippen LogP) is 1.89. The number of nitrogens with zero attached hydrogens (tertiary/aromatic N) is 6. The number of rotatable bonds is 3. The Morgan fingerprint density at radius 1 is 1.23 bits per heavy atom. The van der Waals surface area contributed by atoms with Crippen molar-refractivity contribution in [3.63, 3.8) is 0 Å². The van der Waals surface area contributed by atoms with Crippen molar-refractivity contribution in [1.82, 2.24) is 24.6 Å². The van der Waals surface area contributed by atoms with Crippen molar-refractivity contribution >= 4 is 5.91 Å². The number of nitriles is 1. The first-order chi connectivity index (χ1) is 12.6. The average Bonchev–Trinajstić information content (AvgIpc) is 3.28. The van der Waals surface area contributed by atoms with E-state index in [4.69, 9.17) is 5.26 Å². The Labute approximate surface area is 148 Å². The highest BCUT2D eigenvalue weighted by atomic mass is 19.1. The fourth-order valence-corrected chi connectivity index (χ4v) is 3.00. The van der Waals surface area contributed by atoms with Gasteiger partial charge in [0.1, 0.15) is 18.9 Å². The third-order valence-corrected chi connectivity index (χ3v) is 4.29. The first kappa shape index (κ1) is 15.9. The number of pyridine rings is 1. The van der Waals surface area contributed by atoms with Gasteiger partial charge in [-0.25, -0.2) is 14.6 Å². The summed E-state index contributed by atoms with van der Waals surface area (Å²) < 4.78 is 15.2. The minimum absolute atomic E-state index is 0.0206. The quantitative estimate of drug-likeness (QED) is 0.675. The molecule has 0 atom stereocenters. The van der Waals surface area contributed by atoms with Crippen molar-refractivity contribution in [2.24, 2.45) is 0 Å². The van der Waals surface area contributed by atoms with E-state index in [0.29, 0.717) is 18.7 Å². The van der Waals surface area contributed by atoms with Crippen LogP contribution in [0.4, 0.5) is 4.39 Å². The number of fused-ring (bicyclic) bond motifs is 1. The molecule has 0 N–H and O–H groups in total. The lowest BCUT2D eigenvalue weighted by atomic mass is 10.0. The fourth-order valence-electron chi connectivity index (χ4n) is 3.00. The molecule has 0 fully saturated rings. The largest absolute Gasteiger partial charge is 0.332 e. The highest BCUT2D eigenvalue weighted by molar-refractivity contribution is 5.77. The summed E-state index contributed by atoms with van der Waals surface area (Å²) in [7, 11) is 0. The molecule has 8 heteroatoms. The van der Waals surface area contributed by atoms with Gasteiger partial charge in [0.25, 0.3) is 5.82 Å². The van der Waals surface area contributed by atoms with Crippen LogP contribution in [0, 0.1) is 17.3 Å². The normalized spacial score (nSPS) is 12.7. The van der Waals surface area contributed by atoms with Crippen LogP contribution >= 0.6 is 0 Å². The fraction of sp³-hybridized carbons (Fsp3) is 0.167. The topological polar surface area (TPSA) is 87.7 Å². The Kier molecular flexibility index (Phi) is 3.89. The molecule has 1 aliphatic rings. The van der Waals surface area contributed by atoms with Gasteiger partial charge < -0.3 is 4.90 Å². The molecule has 3 aromatic rings. The van der Waals surface area contributed by atoms with E-state index in [1.54, 1.807) is 17.0 Å². The van der Waals surface area contributed by atoms with Gasteiger partial charge in [-0.2, -0.15) is 9.65 Å². The standard InChI is InChI=1S/C18H13FN6O/c19-18-15(2-1-5-21-18)12-3-4-13-8-24(9-14(13)6-12)17(26)10-25-11-22-16(7-20)23-25/h1-6,11H,8-10H2. The summed E-state index contributed by atoms with van der Waals surface area (Å²) in [6.45, 7) is 0.959. The minimum atomic E-state index is -0.516. The molecule has 1 amide bonds. The smallest absolute Gasteiger partial charge is 0.252 e. The maximum absolute atomic E-state index is 13.9. The summed E-state index contributed by atoms with van der Waals surface area (Å²) in [5.41, 5.74) is 3.18. The number of halogens is 1. The second-order valence-corrected chi connectivity index (χ2v) is 5.95. The molecule has 1 aromatic carbocycles. The Morgan fingerprint density at radius 3 is 2.85 bits per heavy atom. The number of hydrogen-bond donors (Lipinski definition) is 0. The van der Waals surface area contributed by atoms with Gasteiger partial charge in [0.15, 0.2) is 0 Å². The van der Waals surface area contributed by atoms with Crippen molar-refractivity contribution in [2.75, 3.05) is 0 Å². The number of amides is 1. The maximum Gasteiger partial charge on any atom is 0.252 e. The van der Waals surface area contributed by atoms with Gasteiger partial charge in [-0.15, -0.1) is 5.10 Å². The van der Waals surface area contributed by atoms with Gasteiger partial charge >= 0.3 is 0 Å². The van der Waals surface area contributed by atoms with Crippen LogP contribution in [-0.2, 0) is 24.4 Å². The lowest BCUT2D eigenvalue weighted by molar-refractivity contribution is -0.132. The van der Waals surface area contributed by atoms with Gasteiger partial charge in [-0.3, -0.25) is 4.79 Å². The van der Waals surface area contributed by atoms with E-state index >= 15 is 0 Å². The molecule has 3 heterocycles. The zero-order valence-corrected chi connectivity index (χ0v) is 13.6. The van der Waals surface area contributed by atoms with Gasteiger partial charge in [-0.1, -0.05) is 12.1 Å². The van der Waals surface area contributed by atoms with E-state index in [1.165, 1.54) is 17.2 Å². The molecule has 0 radical (unpaired) electrons. The monoisotopic (exact) mass is 348 g/mol. The minimum Gasteiger partial charge on any atom is -0.332 e. The van der Waals surface area contributed by atoms with Crippen molar-refractivity contribution in [3.05, 3.63) is 65.8 Å². The number of benzene rings is 1. The molecule has 0 saturated carbocycles. The Bertz CT molecular complexity index is 1040. The molecular weight excluding hydrogens is 335 g/mol. The van der Waals surface area contributed by atoms with Gasteiger partial charge in [0.2, 0.25) is 11.9 Å². The first-order valence-corrected chi connectivity index (χ1v) is 7.94. The van der Waals surface area contributed by atoms with Crippen LogP contribution in [0.5, 0.6) is 0 Å². The number of carbonyl (C=O) groups is 1. The van der Waals surface area contributed by atoms with Gasteiger partial charge in [0, 0.05) is 24.8 Å². The Hall–Kier alpha value is -3.60. The number of aromatic nitrogens is 4. The summed E-state index contributed by atoms with van der Waals surface area (Å²) in [6.07, 6.45) is 2.78. The van der Waals surface area contributed by atoms with Crippen molar-refractivity contribution < 1.29 is 9.18 Å². The van der Waals surface area contributed by atoms with Crippen LogP contribution in [0.15, 0.2) is 42.9 Å². The summed E-state index contributed by atoms with van der Waals surface area (Å²) in [4.78, 5) is 21.6. The van der Waals surface area contributed by atoms with Crippen LogP contribution in [0.2, 0.25) is 0 Å². The summed E-state index contributed by atoms with van der Waals surface area (Å²) in [5.74, 6) is -0.604. The SMILES string of the molecule is N#Cc1ncn(CC(=O)N2Cc3ccc(-c4cccnc4F)cc3C2)n1. The lowest BCUT2D eigenvalue weighted by Gasteiger charge is -2.14. The van der Waals surface area contributed by atoms with E-state index in [1.807, 2.05) is 24.3 Å². The molecule has 0 bridgehead atoms. The summed E-state index contributed by atoms with van der Waals surface area (Å²) in [5, 5.41) is 12.6.